The Morgan fingerprint density at radius 1 is 0.905 bits per heavy atom. The van der Waals surface area contributed by atoms with Crippen LogP contribution in [0.3, 0.4) is 0 Å². The average molecular weight is 332 g/mol. The summed E-state index contributed by atoms with van der Waals surface area (Å²) in [6, 6.07) is 0. The van der Waals surface area contributed by atoms with Gasteiger partial charge in [-0.15, -0.1) is 0 Å². The molecule has 0 N–H and O–H groups in total. The van der Waals surface area contributed by atoms with E-state index in [1.807, 2.05) is 31.2 Å². The van der Waals surface area contributed by atoms with Gasteiger partial charge < -0.3 is 4.55 Å². The minimum absolute atomic E-state index is 0.219. The molecule has 0 saturated heterocycles. The first-order chi connectivity index (χ1) is 9.80. The van der Waals surface area contributed by atoms with Crippen LogP contribution in [0.15, 0.2) is 50.6 Å². The zero-order valence-electron chi connectivity index (χ0n) is 13.2. The van der Waals surface area contributed by atoms with Gasteiger partial charge in [0.1, 0.15) is 0 Å². The summed E-state index contributed by atoms with van der Waals surface area (Å²) in [5.41, 5.74) is 0. The monoisotopic (exact) mass is 332 g/mol. The summed E-state index contributed by atoms with van der Waals surface area (Å²) in [5.74, 6) is -0.219. The summed E-state index contributed by atoms with van der Waals surface area (Å²) in [5, 5.41) is 0. The summed E-state index contributed by atoms with van der Waals surface area (Å²) < 4.78 is 29.5. The largest absolute Gasteiger partial charge is 0.748 e. The van der Waals surface area contributed by atoms with Crippen molar-refractivity contribution in [3.8, 4) is 0 Å². The van der Waals surface area contributed by atoms with E-state index in [4.69, 9.17) is 0 Å². The van der Waals surface area contributed by atoms with Crippen LogP contribution in [0.1, 0.15) is 19.8 Å². The molecule has 0 amide bonds. The lowest BCUT2D eigenvalue weighted by Crippen LogP contribution is -2.07. The molecule has 0 rings (SSSR count). The Balaban J connectivity index is 0. The Labute approximate surface area is 131 Å². The Morgan fingerprint density at radius 2 is 1.24 bits per heavy atom. The third-order valence-electron chi connectivity index (χ3n) is 2.81. The summed E-state index contributed by atoms with van der Waals surface area (Å²) in [6.07, 6.45) is 13.7. The zero-order chi connectivity index (χ0) is 16.8. The summed E-state index contributed by atoms with van der Waals surface area (Å²) in [6.45, 7) is 17.1. The fourth-order valence-electron chi connectivity index (χ4n) is 1.86. The third-order valence-corrected chi connectivity index (χ3v) is 7.73. The van der Waals surface area contributed by atoms with E-state index in [2.05, 4.69) is 26.3 Å². The van der Waals surface area contributed by atoms with E-state index in [1.165, 1.54) is 0 Å². The molecule has 122 valence electrons. The van der Waals surface area contributed by atoms with E-state index in [9.17, 15) is 13.0 Å². The Kier molecular flexibility index (Phi) is 14.0. The molecule has 0 aliphatic heterocycles. The van der Waals surface area contributed by atoms with Gasteiger partial charge in [0.2, 0.25) is 0 Å². The first-order valence-corrected chi connectivity index (χ1v) is 11.1. The van der Waals surface area contributed by atoms with Crippen molar-refractivity contribution in [1.29, 1.82) is 0 Å². The van der Waals surface area contributed by atoms with Crippen LogP contribution in [0.2, 0.25) is 0 Å². The Morgan fingerprint density at radius 3 is 1.38 bits per heavy atom. The minimum Gasteiger partial charge on any atom is -0.748 e. The molecule has 0 saturated carbocycles. The van der Waals surface area contributed by atoms with Crippen molar-refractivity contribution in [1.82, 2.24) is 0 Å². The molecule has 0 atom stereocenters. The van der Waals surface area contributed by atoms with E-state index in [0.717, 1.165) is 31.1 Å². The summed E-state index contributed by atoms with van der Waals surface area (Å²) in [4.78, 5) is 0. The van der Waals surface area contributed by atoms with Gasteiger partial charge in [0.25, 0.3) is 0 Å². The van der Waals surface area contributed by atoms with Crippen molar-refractivity contribution in [2.45, 2.75) is 19.8 Å². The van der Waals surface area contributed by atoms with Crippen LogP contribution in [-0.2, 0) is 10.1 Å². The second-order valence-corrected chi connectivity index (χ2v) is 10.5. The minimum atomic E-state index is -3.94. The molecule has 0 aliphatic carbocycles. The van der Waals surface area contributed by atoms with Crippen LogP contribution in [0.25, 0.3) is 0 Å². The fourth-order valence-corrected chi connectivity index (χ4v) is 5.59. The highest BCUT2D eigenvalue weighted by Gasteiger charge is 2.31. The molecule has 0 unspecified atom stereocenters. The third kappa shape index (κ3) is 14.0. The van der Waals surface area contributed by atoms with Gasteiger partial charge >= 0.3 is 0 Å². The normalized spacial score (nSPS) is 11.0. The van der Waals surface area contributed by atoms with Crippen LogP contribution in [0.4, 0.5) is 0 Å². The molecular formula is C16H29O3PS. The summed E-state index contributed by atoms with van der Waals surface area (Å²) in [7, 11) is -4.90. The van der Waals surface area contributed by atoms with Crippen LogP contribution in [-0.4, -0.2) is 43.4 Å². The van der Waals surface area contributed by atoms with Gasteiger partial charge in [-0.05, 0) is 6.42 Å². The van der Waals surface area contributed by atoms with E-state index in [-0.39, 0.29) is 5.75 Å². The highest BCUT2D eigenvalue weighted by atomic mass is 32.2. The topological polar surface area (TPSA) is 57.2 Å². The van der Waals surface area contributed by atoms with Crippen LogP contribution >= 0.6 is 7.26 Å². The maximum Gasteiger partial charge on any atom is 0.0945 e. The highest BCUT2D eigenvalue weighted by Crippen LogP contribution is 2.58. The van der Waals surface area contributed by atoms with Gasteiger partial charge in [0.05, 0.1) is 34.8 Å². The average Bonchev–Trinajstić information content (AvgIpc) is 2.37. The van der Waals surface area contributed by atoms with E-state index >= 15 is 0 Å². The lowest BCUT2D eigenvalue weighted by molar-refractivity contribution is 0.461. The lowest BCUT2D eigenvalue weighted by atomic mass is 10.4. The number of rotatable bonds is 11. The quantitative estimate of drug-likeness (QED) is 0.325. The molecule has 0 bridgehead atoms. The van der Waals surface area contributed by atoms with Crippen molar-refractivity contribution in [2.24, 2.45) is 0 Å². The summed E-state index contributed by atoms with van der Waals surface area (Å²) >= 11 is 0. The molecule has 0 fully saturated rings. The van der Waals surface area contributed by atoms with Gasteiger partial charge in [-0.2, -0.15) is 0 Å². The zero-order valence-corrected chi connectivity index (χ0v) is 14.9. The van der Waals surface area contributed by atoms with E-state index < -0.39 is 17.4 Å². The van der Waals surface area contributed by atoms with E-state index in [1.54, 1.807) is 0 Å². The highest BCUT2D eigenvalue weighted by molar-refractivity contribution is 7.85. The van der Waals surface area contributed by atoms with E-state index in [0.29, 0.717) is 6.42 Å². The molecule has 0 heterocycles. The molecule has 0 radical (unpaired) electrons. The van der Waals surface area contributed by atoms with Gasteiger partial charge in [-0.1, -0.05) is 64.0 Å². The predicted octanol–water partition coefficient (Wildman–Crippen LogP) is 4.08. The maximum atomic E-state index is 9.83. The first kappa shape index (κ1) is 22.6. The van der Waals surface area contributed by atoms with Gasteiger partial charge in [-0.25, -0.2) is 8.42 Å². The SMILES string of the molecule is C=CC[P+](CC=C)(CC=C)CC=C.CCCCS(=O)(=O)[O-]. The fraction of sp³-hybridized carbons (Fsp3) is 0.500. The molecular weight excluding hydrogens is 303 g/mol. The maximum absolute atomic E-state index is 9.83. The molecule has 0 aromatic carbocycles. The number of hydrogen-bond donors (Lipinski definition) is 0. The molecule has 5 heteroatoms. The van der Waals surface area contributed by atoms with Gasteiger partial charge in [-0.3, -0.25) is 0 Å². The Bertz CT molecular complexity index is 368. The smallest absolute Gasteiger partial charge is 0.0945 e. The second kappa shape index (κ2) is 13.0. The van der Waals surface area contributed by atoms with Crippen LogP contribution in [0, 0.1) is 0 Å². The lowest BCUT2D eigenvalue weighted by Gasteiger charge is -2.22. The van der Waals surface area contributed by atoms with Gasteiger partial charge in [0.15, 0.2) is 0 Å². The standard InChI is InChI=1S/C12H20P.C4H10O3S/c1-5-9-13(10-6-2,11-7-3)12-8-4;1-2-3-4-8(5,6)7/h5-8H,1-4,9-12H2;2-4H2,1H3,(H,5,6,7)/q+1;/p-1. The Hall–Kier alpha value is -0.700. The molecule has 21 heavy (non-hydrogen) atoms. The number of allylic oxidation sites excluding steroid dienone is 4. The van der Waals surface area contributed by atoms with Crippen molar-refractivity contribution in [3.05, 3.63) is 50.6 Å². The van der Waals surface area contributed by atoms with Gasteiger partial charge in [0, 0.05) is 13.0 Å². The molecule has 0 spiro atoms. The first-order valence-electron chi connectivity index (χ1n) is 7.03. The number of unbranched alkanes of at least 4 members (excludes halogenated alkanes) is 1. The molecule has 0 aromatic rings. The predicted molar refractivity (Wildman–Crippen MR) is 96.6 cm³/mol. The second-order valence-electron chi connectivity index (χ2n) is 4.84. The molecule has 0 aliphatic rings. The van der Waals surface area contributed by atoms with Crippen molar-refractivity contribution < 1.29 is 13.0 Å². The van der Waals surface area contributed by atoms with Crippen LogP contribution < -0.4 is 0 Å². The molecule has 3 nitrogen and oxygen atoms in total. The van der Waals surface area contributed by atoms with Crippen molar-refractivity contribution in [2.75, 3.05) is 30.4 Å². The van der Waals surface area contributed by atoms with Crippen LogP contribution in [0.5, 0.6) is 0 Å². The number of hydrogen-bond acceptors (Lipinski definition) is 3. The van der Waals surface area contributed by atoms with Crippen molar-refractivity contribution >= 4 is 17.4 Å². The van der Waals surface area contributed by atoms with Crippen molar-refractivity contribution in [3.63, 3.8) is 0 Å². The molecule has 0 aromatic heterocycles.